The van der Waals surface area contributed by atoms with E-state index in [9.17, 15) is 9.59 Å². The van der Waals surface area contributed by atoms with Crippen molar-refractivity contribution in [3.05, 3.63) is 54.1 Å². The molecule has 8 heteroatoms. The zero-order valence-corrected chi connectivity index (χ0v) is 17.8. The van der Waals surface area contributed by atoms with E-state index in [4.69, 9.17) is 4.74 Å². The summed E-state index contributed by atoms with van der Waals surface area (Å²) in [5, 5.41) is 5.71. The van der Waals surface area contributed by atoms with Crippen LogP contribution in [0.2, 0.25) is 0 Å². The summed E-state index contributed by atoms with van der Waals surface area (Å²) in [5.74, 6) is 0.855. The van der Waals surface area contributed by atoms with E-state index in [1.807, 2.05) is 60.4 Å². The molecule has 1 fully saturated rings. The summed E-state index contributed by atoms with van der Waals surface area (Å²) in [5.41, 5.74) is 2.89. The monoisotopic (exact) mass is 421 g/mol. The smallest absolute Gasteiger partial charge is 0.249 e. The fourth-order valence-corrected chi connectivity index (χ4v) is 3.81. The van der Waals surface area contributed by atoms with Crippen LogP contribution in [0.25, 0.3) is 0 Å². The molecule has 2 amide bonds. The molecule has 162 valence electrons. The number of methoxy groups -OCH3 is 1. The number of nitrogens with one attached hydrogen (secondary N) is 2. The number of hydrogen-bond donors (Lipinski definition) is 2. The molecular formula is C23H27N5O3. The van der Waals surface area contributed by atoms with Gasteiger partial charge in [0.25, 0.3) is 0 Å². The Kier molecular flexibility index (Phi) is 6.06. The van der Waals surface area contributed by atoms with E-state index in [0.717, 1.165) is 30.1 Å². The average Bonchev–Trinajstić information content (AvgIpc) is 2.79. The summed E-state index contributed by atoms with van der Waals surface area (Å²) in [7, 11) is 1.65. The van der Waals surface area contributed by atoms with E-state index < -0.39 is 6.04 Å². The van der Waals surface area contributed by atoms with Crippen LogP contribution in [0.15, 0.2) is 53.5 Å². The van der Waals surface area contributed by atoms with Crippen molar-refractivity contribution in [2.45, 2.75) is 19.4 Å². The Labute approximate surface area is 181 Å². The average molecular weight is 422 g/mol. The highest BCUT2D eigenvalue weighted by atomic mass is 16.5. The van der Waals surface area contributed by atoms with Crippen LogP contribution in [0.1, 0.15) is 12.0 Å². The number of aliphatic imine (C=N–C) groups is 1. The van der Waals surface area contributed by atoms with Crippen molar-refractivity contribution in [3.63, 3.8) is 0 Å². The number of guanidine groups is 1. The molecule has 0 radical (unpaired) electrons. The SMILES string of the molecule is COc1ccc(N2CCN(C3=N[C@H](C(=O)Nc4cccc(C)c4)CC(=O)N3)CC2)cc1. The van der Waals surface area contributed by atoms with Gasteiger partial charge in [-0.25, -0.2) is 4.99 Å². The van der Waals surface area contributed by atoms with Crippen molar-refractivity contribution >= 4 is 29.1 Å². The Balaban J connectivity index is 1.39. The molecule has 0 bridgehead atoms. The second-order valence-corrected chi connectivity index (χ2v) is 7.75. The molecule has 31 heavy (non-hydrogen) atoms. The van der Waals surface area contributed by atoms with Crippen LogP contribution in [0.3, 0.4) is 0 Å². The zero-order chi connectivity index (χ0) is 21.8. The van der Waals surface area contributed by atoms with Gasteiger partial charge in [-0.15, -0.1) is 0 Å². The van der Waals surface area contributed by atoms with Gasteiger partial charge in [0.1, 0.15) is 11.8 Å². The third kappa shape index (κ3) is 4.96. The van der Waals surface area contributed by atoms with Crippen molar-refractivity contribution in [3.8, 4) is 5.75 Å². The Hall–Kier alpha value is -3.55. The molecule has 8 nitrogen and oxygen atoms in total. The Morgan fingerprint density at radius 1 is 1.10 bits per heavy atom. The van der Waals surface area contributed by atoms with Crippen LogP contribution in [0, 0.1) is 6.92 Å². The minimum Gasteiger partial charge on any atom is -0.497 e. The van der Waals surface area contributed by atoms with Crippen molar-refractivity contribution in [2.24, 2.45) is 4.99 Å². The molecule has 2 aliphatic heterocycles. The Morgan fingerprint density at radius 2 is 1.81 bits per heavy atom. The number of carbonyl (C=O) groups excluding carboxylic acids is 2. The fraction of sp³-hybridized carbons (Fsp3) is 0.348. The van der Waals surface area contributed by atoms with Crippen LogP contribution in [0.5, 0.6) is 5.75 Å². The summed E-state index contributed by atoms with van der Waals surface area (Å²) in [6.07, 6.45) is 0.0486. The topological polar surface area (TPSA) is 86.3 Å². The van der Waals surface area contributed by atoms with Gasteiger partial charge in [0.2, 0.25) is 17.8 Å². The first-order valence-electron chi connectivity index (χ1n) is 10.4. The fourth-order valence-electron chi connectivity index (χ4n) is 3.81. The molecule has 2 aromatic rings. The minimum atomic E-state index is -0.733. The Bertz CT molecular complexity index is 981. The van der Waals surface area contributed by atoms with E-state index in [0.29, 0.717) is 24.7 Å². The van der Waals surface area contributed by atoms with Gasteiger partial charge in [0, 0.05) is 37.6 Å². The lowest BCUT2D eigenvalue weighted by atomic mass is 10.1. The van der Waals surface area contributed by atoms with E-state index in [-0.39, 0.29) is 18.2 Å². The maximum absolute atomic E-state index is 12.7. The van der Waals surface area contributed by atoms with Gasteiger partial charge in [-0.05, 0) is 48.9 Å². The number of benzene rings is 2. The maximum Gasteiger partial charge on any atom is 0.249 e. The highest BCUT2D eigenvalue weighted by Gasteiger charge is 2.30. The summed E-state index contributed by atoms with van der Waals surface area (Å²) in [6, 6.07) is 14.8. The zero-order valence-electron chi connectivity index (χ0n) is 17.8. The molecule has 2 heterocycles. The van der Waals surface area contributed by atoms with E-state index in [1.54, 1.807) is 7.11 Å². The van der Waals surface area contributed by atoms with Crippen LogP contribution in [0.4, 0.5) is 11.4 Å². The lowest BCUT2D eigenvalue weighted by Gasteiger charge is -2.38. The van der Waals surface area contributed by atoms with Crippen LogP contribution in [-0.2, 0) is 9.59 Å². The van der Waals surface area contributed by atoms with E-state index >= 15 is 0 Å². The summed E-state index contributed by atoms with van der Waals surface area (Å²) >= 11 is 0. The van der Waals surface area contributed by atoms with Crippen molar-refractivity contribution in [1.29, 1.82) is 0 Å². The molecule has 2 aromatic carbocycles. The third-order valence-electron chi connectivity index (χ3n) is 5.51. The normalized spacial score (nSPS) is 18.8. The van der Waals surface area contributed by atoms with Gasteiger partial charge in [0.15, 0.2) is 0 Å². The predicted molar refractivity (Wildman–Crippen MR) is 121 cm³/mol. The van der Waals surface area contributed by atoms with E-state index in [1.165, 1.54) is 0 Å². The number of anilines is 2. The number of aryl methyl sites for hydroxylation is 1. The van der Waals surface area contributed by atoms with Gasteiger partial charge < -0.3 is 19.9 Å². The highest BCUT2D eigenvalue weighted by molar-refractivity contribution is 6.06. The summed E-state index contributed by atoms with van der Waals surface area (Å²) in [4.78, 5) is 33.8. The predicted octanol–water partition coefficient (Wildman–Crippen LogP) is 2.01. The molecule has 2 N–H and O–H groups in total. The molecule has 4 rings (SSSR count). The molecule has 0 aliphatic carbocycles. The van der Waals surface area contributed by atoms with Gasteiger partial charge in [-0.2, -0.15) is 0 Å². The second kappa shape index (κ2) is 9.07. The van der Waals surface area contributed by atoms with Crippen LogP contribution in [-0.4, -0.2) is 62.0 Å². The number of piperazine rings is 1. The largest absolute Gasteiger partial charge is 0.497 e. The van der Waals surface area contributed by atoms with Crippen LogP contribution >= 0.6 is 0 Å². The van der Waals surface area contributed by atoms with Gasteiger partial charge >= 0.3 is 0 Å². The first kappa shape index (κ1) is 20.7. The number of ether oxygens (including phenoxy) is 1. The lowest BCUT2D eigenvalue weighted by molar-refractivity contribution is -0.125. The minimum absolute atomic E-state index is 0.0486. The summed E-state index contributed by atoms with van der Waals surface area (Å²) < 4.78 is 5.22. The standard InChI is InChI=1S/C23H27N5O3/c1-16-4-3-5-17(14-16)24-22(30)20-15-21(29)26-23(25-20)28-12-10-27(11-13-28)18-6-8-19(31-2)9-7-18/h3-9,14,20H,10-13,15H2,1-2H3,(H,24,30)(H,25,26,29)/t20-/m0/s1. The molecule has 0 saturated carbocycles. The number of rotatable bonds is 4. The first-order chi connectivity index (χ1) is 15.0. The third-order valence-corrected chi connectivity index (χ3v) is 5.51. The van der Waals surface area contributed by atoms with Crippen molar-refractivity contribution < 1.29 is 14.3 Å². The van der Waals surface area contributed by atoms with Gasteiger partial charge in [-0.3, -0.25) is 14.9 Å². The summed E-state index contributed by atoms with van der Waals surface area (Å²) in [6.45, 7) is 4.96. The number of amides is 2. The van der Waals surface area contributed by atoms with E-state index in [2.05, 4.69) is 20.5 Å². The molecule has 0 unspecified atom stereocenters. The second-order valence-electron chi connectivity index (χ2n) is 7.75. The van der Waals surface area contributed by atoms with Crippen molar-refractivity contribution in [2.75, 3.05) is 43.5 Å². The molecular weight excluding hydrogens is 394 g/mol. The number of hydrogen-bond acceptors (Lipinski definition) is 6. The Morgan fingerprint density at radius 3 is 2.48 bits per heavy atom. The van der Waals surface area contributed by atoms with Gasteiger partial charge in [0.05, 0.1) is 13.5 Å². The molecule has 0 spiro atoms. The first-order valence-corrected chi connectivity index (χ1v) is 10.4. The number of nitrogens with zero attached hydrogens (tertiary/aromatic N) is 3. The van der Waals surface area contributed by atoms with Gasteiger partial charge in [-0.1, -0.05) is 12.1 Å². The maximum atomic E-state index is 12.7. The molecule has 0 aromatic heterocycles. The number of carbonyl (C=O) groups is 2. The quantitative estimate of drug-likeness (QED) is 0.789. The molecule has 2 aliphatic rings. The highest BCUT2D eigenvalue weighted by Crippen LogP contribution is 2.21. The molecule has 1 atom stereocenters. The molecule has 1 saturated heterocycles. The van der Waals surface area contributed by atoms with Crippen LogP contribution < -0.4 is 20.3 Å². The van der Waals surface area contributed by atoms with Crippen molar-refractivity contribution in [1.82, 2.24) is 10.2 Å². The lowest BCUT2D eigenvalue weighted by Crippen LogP contribution is -2.56.